The van der Waals surface area contributed by atoms with Gasteiger partial charge in [0.2, 0.25) is 0 Å². The van der Waals surface area contributed by atoms with Gasteiger partial charge >= 0.3 is 0 Å². The largest absolute Gasteiger partial charge is 0.455 e. The first-order valence-electron chi connectivity index (χ1n) is 18.7. The lowest BCUT2D eigenvalue weighted by atomic mass is 9.82. The molecule has 8 aromatic carbocycles. The second-order valence-electron chi connectivity index (χ2n) is 15.0. The van der Waals surface area contributed by atoms with E-state index in [0.29, 0.717) is 0 Å². The second kappa shape index (κ2) is 11.6. The Morgan fingerprint density at radius 3 is 1.98 bits per heavy atom. The van der Waals surface area contributed by atoms with E-state index in [2.05, 4.69) is 194 Å². The highest BCUT2D eigenvalue weighted by Gasteiger charge is 2.36. The van der Waals surface area contributed by atoms with Gasteiger partial charge in [-0.1, -0.05) is 141 Å². The standard InChI is InChI=1S/C51H36N2O/c1-51(2)45-20-9-6-15-37(45)38-28-27-35(31-46(38)51)53(34-25-23-33(24-26-34)32-13-4-3-5-14-32)36-29-43-39-16-7-10-21-47(39)52-49(43)44(30-36)42-19-12-18-41-40-17-8-11-22-48(40)54-50(41)42/h3-31,52H,1-2H3. The molecule has 1 aliphatic carbocycles. The highest BCUT2D eigenvalue weighted by atomic mass is 16.3. The molecule has 0 bridgehead atoms. The smallest absolute Gasteiger partial charge is 0.143 e. The molecule has 0 spiro atoms. The van der Waals surface area contributed by atoms with Gasteiger partial charge in [-0.05, 0) is 81.9 Å². The molecule has 11 rings (SSSR count). The Labute approximate surface area is 313 Å². The fourth-order valence-corrected chi connectivity index (χ4v) is 8.95. The minimum atomic E-state index is -0.131. The van der Waals surface area contributed by atoms with Crippen molar-refractivity contribution >= 4 is 60.8 Å². The topological polar surface area (TPSA) is 32.2 Å². The molecule has 0 radical (unpaired) electrons. The number of aromatic amines is 1. The van der Waals surface area contributed by atoms with Crippen molar-refractivity contribution in [3.8, 4) is 33.4 Å². The lowest BCUT2D eigenvalue weighted by Gasteiger charge is -2.29. The summed E-state index contributed by atoms with van der Waals surface area (Å²) in [4.78, 5) is 6.24. The average Bonchev–Trinajstić information content (AvgIpc) is 3.86. The molecule has 3 heteroatoms. The average molecular weight is 693 g/mol. The molecule has 0 aliphatic heterocycles. The van der Waals surface area contributed by atoms with E-state index >= 15 is 0 Å². The summed E-state index contributed by atoms with van der Waals surface area (Å²) in [5.74, 6) is 0. The molecule has 2 heterocycles. The van der Waals surface area contributed by atoms with Gasteiger partial charge in [0.25, 0.3) is 0 Å². The van der Waals surface area contributed by atoms with Gasteiger partial charge in [0.05, 0.1) is 5.52 Å². The monoisotopic (exact) mass is 692 g/mol. The van der Waals surface area contributed by atoms with Crippen LogP contribution in [-0.4, -0.2) is 4.98 Å². The lowest BCUT2D eigenvalue weighted by Crippen LogP contribution is -2.16. The van der Waals surface area contributed by atoms with Gasteiger partial charge in [0.1, 0.15) is 11.2 Å². The molecular weight excluding hydrogens is 657 g/mol. The number of H-pyrrole nitrogens is 1. The van der Waals surface area contributed by atoms with Crippen LogP contribution in [0.15, 0.2) is 180 Å². The predicted molar refractivity (Wildman–Crippen MR) is 226 cm³/mol. The molecule has 0 unspecified atom stereocenters. The summed E-state index contributed by atoms with van der Waals surface area (Å²) < 4.78 is 6.66. The summed E-state index contributed by atoms with van der Waals surface area (Å²) in [5.41, 5.74) is 17.1. The van der Waals surface area contributed by atoms with Gasteiger partial charge in [0.15, 0.2) is 0 Å². The number of hydrogen-bond acceptors (Lipinski definition) is 2. The highest BCUT2D eigenvalue weighted by Crippen LogP contribution is 2.51. The number of para-hydroxylation sites is 3. The highest BCUT2D eigenvalue weighted by molar-refractivity contribution is 6.17. The number of hydrogen-bond donors (Lipinski definition) is 1. The third-order valence-electron chi connectivity index (χ3n) is 11.6. The molecule has 3 nitrogen and oxygen atoms in total. The zero-order valence-electron chi connectivity index (χ0n) is 30.1. The number of aromatic nitrogens is 1. The van der Waals surface area contributed by atoms with E-state index in [1.54, 1.807) is 0 Å². The van der Waals surface area contributed by atoms with Crippen LogP contribution in [0.1, 0.15) is 25.0 Å². The van der Waals surface area contributed by atoms with Crippen molar-refractivity contribution in [3.63, 3.8) is 0 Å². The predicted octanol–water partition coefficient (Wildman–Crippen LogP) is 14.3. The minimum absolute atomic E-state index is 0.131. The number of anilines is 3. The summed E-state index contributed by atoms with van der Waals surface area (Å²) in [5, 5.41) is 4.61. The Morgan fingerprint density at radius 2 is 1.11 bits per heavy atom. The molecule has 10 aromatic rings. The number of nitrogens with one attached hydrogen (secondary N) is 1. The van der Waals surface area contributed by atoms with E-state index in [1.807, 2.05) is 6.07 Å². The van der Waals surface area contributed by atoms with Crippen LogP contribution in [0.5, 0.6) is 0 Å². The van der Waals surface area contributed by atoms with Gasteiger partial charge in [-0.25, -0.2) is 0 Å². The van der Waals surface area contributed by atoms with E-state index in [9.17, 15) is 0 Å². The van der Waals surface area contributed by atoms with E-state index < -0.39 is 0 Å². The third kappa shape index (κ3) is 4.55. The van der Waals surface area contributed by atoms with Crippen LogP contribution in [0.25, 0.3) is 77.1 Å². The first-order chi connectivity index (χ1) is 26.5. The minimum Gasteiger partial charge on any atom is -0.455 e. The molecule has 0 fully saturated rings. The van der Waals surface area contributed by atoms with Crippen molar-refractivity contribution < 1.29 is 4.42 Å². The fraction of sp³-hybridized carbons (Fsp3) is 0.0588. The maximum absolute atomic E-state index is 6.66. The molecule has 0 atom stereocenters. The van der Waals surface area contributed by atoms with Gasteiger partial charge < -0.3 is 14.3 Å². The van der Waals surface area contributed by atoms with Crippen LogP contribution in [0.4, 0.5) is 17.1 Å². The quantitative estimate of drug-likeness (QED) is 0.195. The normalized spacial score (nSPS) is 13.1. The van der Waals surface area contributed by atoms with Gasteiger partial charge in [-0.3, -0.25) is 0 Å². The lowest BCUT2D eigenvalue weighted by molar-refractivity contribution is 0.660. The first kappa shape index (κ1) is 30.8. The zero-order valence-corrected chi connectivity index (χ0v) is 30.1. The SMILES string of the molecule is CC1(C)c2ccccc2-c2ccc(N(c3ccc(-c4ccccc4)cc3)c3cc(-c4cccc5c4oc4ccccc45)c4[nH]c5ccccc5c4c3)cc21. The Hall–Kier alpha value is -6.84. The molecule has 0 saturated carbocycles. The number of rotatable bonds is 5. The van der Waals surface area contributed by atoms with Crippen LogP contribution in [0, 0.1) is 0 Å². The summed E-state index contributed by atoms with van der Waals surface area (Å²) in [6, 6.07) is 63.7. The van der Waals surface area contributed by atoms with Crippen molar-refractivity contribution in [1.82, 2.24) is 4.98 Å². The van der Waals surface area contributed by atoms with E-state index in [1.165, 1.54) is 44.2 Å². The maximum Gasteiger partial charge on any atom is 0.143 e. The number of furan rings is 1. The van der Waals surface area contributed by atoms with Crippen molar-refractivity contribution in [3.05, 3.63) is 187 Å². The van der Waals surface area contributed by atoms with Crippen LogP contribution in [0.2, 0.25) is 0 Å². The van der Waals surface area contributed by atoms with Crippen molar-refractivity contribution in [2.45, 2.75) is 19.3 Å². The molecule has 256 valence electrons. The van der Waals surface area contributed by atoms with Gasteiger partial charge in [-0.2, -0.15) is 0 Å². The molecule has 2 aromatic heterocycles. The second-order valence-corrected chi connectivity index (χ2v) is 15.0. The van der Waals surface area contributed by atoms with Gasteiger partial charge in [0, 0.05) is 60.7 Å². The maximum atomic E-state index is 6.66. The first-order valence-corrected chi connectivity index (χ1v) is 18.7. The Bertz CT molecular complexity index is 3070. The fourth-order valence-electron chi connectivity index (χ4n) is 8.95. The number of benzene rings is 8. The molecular formula is C51H36N2O. The Morgan fingerprint density at radius 1 is 0.444 bits per heavy atom. The van der Waals surface area contributed by atoms with Crippen LogP contribution in [0.3, 0.4) is 0 Å². The van der Waals surface area contributed by atoms with E-state index in [0.717, 1.165) is 61.2 Å². The number of nitrogens with zero attached hydrogens (tertiary/aromatic N) is 1. The Kier molecular flexibility index (Phi) is 6.60. The molecule has 54 heavy (non-hydrogen) atoms. The number of fused-ring (bicyclic) bond motifs is 9. The third-order valence-corrected chi connectivity index (χ3v) is 11.6. The van der Waals surface area contributed by atoms with Crippen LogP contribution in [-0.2, 0) is 5.41 Å². The molecule has 0 saturated heterocycles. The molecule has 1 N–H and O–H groups in total. The summed E-state index contributed by atoms with van der Waals surface area (Å²) in [6.07, 6.45) is 0. The summed E-state index contributed by atoms with van der Waals surface area (Å²) in [7, 11) is 0. The van der Waals surface area contributed by atoms with Crippen molar-refractivity contribution in [2.24, 2.45) is 0 Å². The summed E-state index contributed by atoms with van der Waals surface area (Å²) in [6.45, 7) is 4.70. The van der Waals surface area contributed by atoms with E-state index in [-0.39, 0.29) is 5.41 Å². The van der Waals surface area contributed by atoms with Crippen molar-refractivity contribution in [2.75, 3.05) is 4.90 Å². The molecule has 1 aliphatic rings. The van der Waals surface area contributed by atoms with Crippen molar-refractivity contribution in [1.29, 1.82) is 0 Å². The van der Waals surface area contributed by atoms with Gasteiger partial charge in [-0.15, -0.1) is 0 Å². The van der Waals surface area contributed by atoms with Crippen LogP contribution >= 0.6 is 0 Å². The van der Waals surface area contributed by atoms with Crippen LogP contribution < -0.4 is 4.90 Å². The molecule has 0 amide bonds. The zero-order chi connectivity index (χ0) is 36.0. The van der Waals surface area contributed by atoms with E-state index in [4.69, 9.17) is 4.42 Å². The summed E-state index contributed by atoms with van der Waals surface area (Å²) >= 11 is 0. The Balaban J connectivity index is 1.18.